The average molecular weight is 455 g/mol. The normalized spacial score (nSPS) is 20.1. The Morgan fingerprint density at radius 3 is 2.32 bits per heavy atom. The largest absolute Gasteiger partial charge is 0.411 e. The van der Waals surface area contributed by atoms with Crippen molar-refractivity contribution in [1.29, 1.82) is 0 Å². The fourth-order valence-electron chi connectivity index (χ4n) is 5.52. The quantitative estimate of drug-likeness (QED) is 0.173. The fourth-order valence-corrected chi connectivity index (χ4v) is 5.52. The van der Waals surface area contributed by atoms with Gasteiger partial charge in [-0.3, -0.25) is 0 Å². The summed E-state index contributed by atoms with van der Waals surface area (Å²) in [6.07, 6.45) is 9.94. The van der Waals surface area contributed by atoms with Gasteiger partial charge in [-0.1, -0.05) is 61.5 Å². The van der Waals surface area contributed by atoms with Crippen LogP contribution >= 0.6 is 0 Å². The van der Waals surface area contributed by atoms with E-state index in [2.05, 4.69) is 117 Å². The van der Waals surface area contributed by atoms with Crippen molar-refractivity contribution in [3.05, 3.63) is 95.2 Å². The SMILES string of the molecule is CCN1C(=CC=C(C=CC2=[N+](CC)c3ccccc3C2(C)C)/C=N/O)C(C)(C)c2ccccc21. The predicted octanol–water partition coefficient (Wildman–Crippen LogP) is 6.73. The lowest BCUT2D eigenvalue weighted by Crippen LogP contribution is -2.27. The molecule has 2 aliphatic heterocycles. The molecule has 1 N–H and O–H groups in total. The number of para-hydroxylation sites is 2. The lowest BCUT2D eigenvalue weighted by molar-refractivity contribution is -0.433. The first-order valence-electron chi connectivity index (χ1n) is 12.2. The Hall–Kier alpha value is -3.40. The van der Waals surface area contributed by atoms with Crippen LogP contribution in [0.2, 0.25) is 0 Å². The molecular formula is C30H36N3O+. The van der Waals surface area contributed by atoms with Crippen LogP contribution in [0.4, 0.5) is 11.4 Å². The number of fused-ring (bicyclic) bond motifs is 2. The van der Waals surface area contributed by atoms with E-state index < -0.39 is 0 Å². The first-order valence-corrected chi connectivity index (χ1v) is 12.2. The van der Waals surface area contributed by atoms with Gasteiger partial charge in [-0.05, 0) is 57.0 Å². The molecule has 34 heavy (non-hydrogen) atoms. The van der Waals surface area contributed by atoms with Gasteiger partial charge in [0, 0.05) is 41.1 Å². The maximum absolute atomic E-state index is 9.35. The van der Waals surface area contributed by atoms with Crippen molar-refractivity contribution < 1.29 is 9.78 Å². The molecule has 2 heterocycles. The van der Waals surface area contributed by atoms with E-state index in [4.69, 9.17) is 0 Å². The summed E-state index contributed by atoms with van der Waals surface area (Å²) < 4.78 is 2.37. The van der Waals surface area contributed by atoms with Crippen LogP contribution in [0.25, 0.3) is 0 Å². The van der Waals surface area contributed by atoms with Gasteiger partial charge in [0.1, 0.15) is 6.54 Å². The highest BCUT2D eigenvalue weighted by atomic mass is 16.4. The first kappa shape index (κ1) is 23.7. The Balaban J connectivity index is 1.73. The van der Waals surface area contributed by atoms with E-state index in [-0.39, 0.29) is 10.8 Å². The summed E-state index contributed by atoms with van der Waals surface area (Å²) in [6, 6.07) is 17.2. The lowest BCUT2D eigenvalue weighted by Gasteiger charge is -2.25. The highest BCUT2D eigenvalue weighted by Crippen LogP contribution is 2.47. The summed E-state index contributed by atoms with van der Waals surface area (Å²) in [5.74, 6) is 0. The molecule has 2 aromatic rings. The van der Waals surface area contributed by atoms with E-state index in [1.54, 1.807) is 0 Å². The Morgan fingerprint density at radius 1 is 0.971 bits per heavy atom. The number of likely N-dealkylation sites (N-methyl/N-ethyl adjacent to an activating group) is 1. The molecule has 0 atom stereocenters. The highest BCUT2D eigenvalue weighted by Gasteiger charge is 2.43. The van der Waals surface area contributed by atoms with Crippen LogP contribution in [-0.4, -0.2) is 34.8 Å². The third-order valence-corrected chi connectivity index (χ3v) is 7.31. The first-order chi connectivity index (χ1) is 16.3. The van der Waals surface area contributed by atoms with Crippen molar-refractivity contribution in [2.75, 3.05) is 18.0 Å². The average Bonchev–Trinajstić information content (AvgIpc) is 3.19. The van der Waals surface area contributed by atoms with E-state index in [9.17, 15) is 5.21 Å². The smallest absolute Gasteiger partial charge is 0.209 e. The van der Waals surface area contributed by atoms with Crippen LogP contribution in [0.5, 0.6) is 0 Å². The second-order valence-electron chi connectivity index (χ2n) is 9.95. The maximum atomic E-state index is 9.35. The molecule has 0 bridgehead atoms. The number of anilines is 1. The zero-order valence-electron chi connectivity index (χ0n) is 21.2. The summed E-state index contributed by atoms with van der Waals surface area (Å²) in [5, 5.41) is 12.7. The monoisotopic (exact) mass is 454 g/mol. The van der Waals surface area contributed by atoms with Gasteiger partial charge in [-0.25, -0.2) is 0 Å². The number of nitrogens with zero attached hydrogens (tertiary/aromatic N) is 3. The minimum atomic E-state index is -0.100. The molecule has 0 unspecified atom stereocenters. The highest BCUT2D eigenvalue weighted by molar-refractivity contribution is 6.04. The van der Waals surface area contributed by atoms with Crippen LogP contribution in [0.15, 0.2) is 89.3 Å². The lowest BCUT2D eigenvalue weighted by atomic mass is 9.81. The van der Waals surface area contributed by atoms with E-state index >= 15 is 0 Å². The molecular weight excluding hydrogens is 418 g/mol. The molecule has 0 aliphatic carbocycles. The molecule has 0 fully saturated rings. The van der Waals surface area contributed by atoms with E-state index in [1.165, 1.54) is 40.1 Å². The van der Waals surface area contributed by atoms with Crippen LogP contribution in [0.3, 0.4) is 0 Å². The van der Waals surface area contributed by atoms with Crippen LogP contribution < -0.4 is 4.90 Å². The number of hydrogen-bond acceptors (Lipinski definition) is 3. The van der Waals surface area contributed by atoms with Crippen LogP contribution in [0, 0.1) is 0 Å². The zero-order chi connectivity index (χ0) is 24.5. The minimum absolute atomic E-state index is 0.100. The molecule has 2 aliphatic rings. The van der Waals surface area contributed by atoms with Gasteiger partial charge in [0.05, 0.1) is 11.6 Å². The van der Waals surface area contributed by atoms with E-state index in [0.29, 0.717) is 0 Å². The Morgan fingerprint density at radius 2 is 1.65 bits per heavy atom. The molecule has 2 aromatic carbocycles. The summed E-state index contributed by atoms with van der Waals surface area (Å²) in [4.78, 5) is 2.37. The molecule has 4 rings (SSSR count). The molecule has 4 nitrogen and oxygen atoms in total. The number of allylic oxidation sites excluding steroid dienone is 6. The molecule has 0 saturated heterocycles. The fraction of sp³-hybridized carbons (Fsp3) is 0.333. The second-order valence-corrected chi connectivity index (χ2v) is 9.95. The predicted molar refractivity (Wildman–Crippen MR) is 143 cm³/mol. The summed E-state index contributed by atoms with van der Waals surface area (Å²) in [6.45, 7) is 15.2. The Kier molecular flexibility index (Phi) is 6.35. The number of benzene rings is 2. The Labute approximate surface area is 203 Å². The summed E-state index contributed by atoms with van der Waals surface area (Å²) in [5.41, 5.74) is 8.33. The molecule has 4 heteroatoms. The third kappa shape index (κ3) is 3.81. The molecule has 0 radical (unpaired) electrons. The molecule has 0 spiro atoms. The van der Waals surface area contributed by atoms with Gasteiger partial charge in [0.15, 0.2) is 5.71 Å². The van der Waals surface area contributed by atoms with Crippen molar-refractivity contribution >= 4 is 23.3 Å². The Bertz CT molecular complexity index is 1240. The van der Waals surface area contributed by atoms with Gasteiger partial charge < -0.3 is 10.1 Å². The van der Waals surface area contributed by atoms with Gasteiger partial charge in [-0.2, -0.15) is 4.58 Å². The molecule has 176 valence electrons. The van der Waals surface area contributed by atoms with Crippen LogP contribution in [-0.2, 0) is 10.8 Å². The van der Waals surface area contributed by atoms with Crippen LogP contribution in [0.1, 0.15) is 52.7 Å². The van der Waals surface area contributed by atoms with Crippen molar-refractivity contribution in [2.45, 2.75) is 52.4 Å². The number of rotatable bonds is 6. The molecule has 0 aromatic heterocycles. The summed E-state index contributed by atoms with van der Waals surface area (Å²) in [7, 11) is 0. The molecule has 0 saturated carbocycles. The topological polar surface area (TPSA) is 38.8 Å². The number of oxime groups is 1. The van der Waals surface area contributed by atoms with Gasteiger partial charge in [-0.15, -0.1) is 0 Å². The zero-order valence-corrected chi connectivity index (χ0v) is 21.2. The van der Waals surface area contributed by atoms with Crippen molar-refractivity contribution in [1.82, 2.24) is 0 Å². The maximum Gasteiger partial charge on any atom is 0.209 e. The van der Waals surface area contributed by atoms with Crippen molar-refractivity contribution in [3.63, 3.8) is 0 Å². The minimum Gasteiger partial charge on any atom is -0.411 e. The third-order valence-electron chi connectivity index (χ3n) is 7.31. The van der Waals surface area contributed by atoms with Crippen molar-refractivity contribution in [3.8, 4) is 0 Å². The van der Waals surface area contributed by atoms with Gasteiger partial charge in [0.25, 0.3) is 0 Å². The van der Waals surface area contributed by atoms with E-state index in [0.717, 1.165) is 18.7 Å². The van der Waals surface area contributed by atoms with E-state index in [1.807, 2.05) is 12.2 Å². The second kappa shape index (κ2) is 9.09. The van der Waals surface area contributed by atoms with Gasteiger partial charge in [0.2, 0.25) is 5.69 Å². The molecule has 0 amide bonds. The van der Waals surface area contributed by atoms with Crippen molar-refractivity contribution in [2.24, 2.45) is 5.16 Å². The standard InChI is InChI=1S/C30H35N3O/c1-7-32-25-15-11-9-13-23(25)29(3,4)27(32)19-17-22(21-31-34)18-20-28-30(5,6)24-14-10-12-16-26(24)33(28)8-2/h9-21H,7-8H2,1-6H3/p+1/b31-21+. The summed E-state index contributed by atoms with van der Waals surface area (Å²) >= 11 is 0. The number of hydrogen-bond donors (Lipinski definition) is 1. The van der Waals surface area contributed by atoms with Gasteiger partial charge >= 0.3 is 0 Å².